The third-order valence-corrected chi connectivity index (χ3v) is 4.18. The van der Waals surface area contributed by atoms with E-state index in [9.17, 15) is 35.9 Å². The summed E-state index contributed by atoms with van der Waals surface area (Å²) >= 11 is 0. The summed E-state index contributed by atoms with van der Waals surface area (Å²) in [4.78, 5) is 29.5. The van der Waals surface area contributed by atoms with Crippen LogP contribution in [0.3, 0.4) is 0 Å². The molecule has 8 nitrogen and oxygen atoms in total. The monoisotopic (exact) mass is 444 g/mol. The third kappa shape index (κ3) is 4.20. The summed E-state index contributed by atoms with van der Waals surface area (Å²) in [7, 11) is 1.24. The number of urea groups is 1. The molecule has 0 N–H and O–H groups in total. The molecule has 2 aromatic rings. The minimum atomic E-state index is -5.04. The molecule has 0 aliphatic carbocycles. The number of imide groups is 1. The van der Waals surface area contributed by atoms with E-state index >= 15 is 0 Å². The Kier molecular flexibility index (Phi) is 5.22. The molecule has 1 aromatic carbocycles. The second-order valence-electron chi connectivity index (χ2n) is 6.25. The SMILES string of the molecule is CN1C(=O)N(CC#N)C(=O)/C1=C/n1cnc(-c2cc(C(F)(F)F)cc(C(F)(F)F)c2)n1. The standard InChI is InChI=1S/C17H10F6N6O2/c1-27-12(14(30)29(3-2-24)15(27)31)7-28-8-25-13(26-28)9-4-10(16(18,19)20)6-11(5-9)17(21,22)23/h4-8H,3H2,1H3/b12-7-. The number of carbonyl (C=O) groups excluding carboxylic acids is 2. The average molecular weight is 444 g/mol. The molecule has 0 bridgehead atoms. The van der Waals surface area contributed by atoms with Gasteiger partial charge in [-0.3, -0.25) is 9.69 Å². The number of benzene rings is 1. The highest BCUT2D eigenvalue weighted by atomic mass is 19.4. The second kappa shape index (κ2) is 7.42. The normalized spacial score (nSPS) is 16.4. The number of alkyl halides is 6. The largest absolute Gasteiger partial charge is 0.416 e. The first kappa shape index (κ1) is 21.8. The second-order valence-corrected chi connectivity index (χ2v) is 6.25. The number of carbonyl (C=O) groups is 2. The molecule has 1 aliphatic rings. The molecule has 1 aromatic heterocycles. The van der Waals surface area contributed by atoms with E-state index in [1.807, 2.05) is 0 Å². The first-order valence-corrected chi connectivity index (χ1v) is 8.22. The number of nitriles is 1. The Morgan fingerprint density at radius 3 is 2.16 bits per heavy atom. The fourth-order valence-corrected chi connectivity index (χ4v) is 2.68. The molecule has 0 unspecified atom stereocenters. The zero-order chi connectivity index (χ0) is 23.1. The number of nitrogens with zero attached hydrogens (tertiary/aromatic N) is 6. The lowest BCUT2D eigenvalue weighted by Gasteiger charge is -2.13. The van der Waals surface area contributed by atoms with Crippen molar-refractivity contribution >= 4 is 18.1 Å². The van der Waals surface area contributed by atoms with E-state index in [1.54, 1.807) is 6.07 Å². The van der Waals surface area contributed by atoms with Crippen LogP contribution in [0.2, 0.25) is 0 Å². The summed E-state index contributed by atoms with van der Waals surface area (Å²) in [5.74, 6) is -1.30. The van der Waals surface area contributed by atoms with Gasteiger partial charge >= 0.3 is 18.4 Å². The maximum absolute atomic E-state index is 13.0. The van der Waals surface area contributed by atoms with Gasteiger partial charge in [-0.05, 0) is 18.2 Å². The highest BCUT2D eigenvalue weighted by Crippen LogP contribution is 2.38. The van der Waals surface area contributed by atoms with Gasteiger partial charge in [-0.15, -0.1) is 5.10 Å². The smallest absolute Gasteiger partial charge is 0.291 e. The van der Waals surface area contributed by atoms with E-state index < -0.39 is 53.4 Å². The molecular formula is C17H10F6N6O2. The third-order valence-electron chi connectivity index (χ3n) is 4.18. The Morgan fingerprint density at radius 2 is 1.65 bits per heavy atom. The lowest BCUT2D eigenvalue weighted by atomic mass is 10.0. The van der Waals surface area contributed by atoms with Crippen molar-refractivity contribution in [2.75, 3.05) is 13.6 Å². The van der Waals surface area contributed by atoms with Crippen LogP contribution in [-0.4, -0.2) is 50.1 Å². The minimum absolute atomic E-state index is 0.0238. The van der Waals surface area contributed by atoms with Crippen LogP contribution in [0, 0.1) is 11.3 Å². The lowest BCUT2D eigenvalue weighted by molar-refractivity contribution is -0.143. The molecule has 1 fully saturated rings. The van der Waals surface area contributed by atoms with Gasteiger partial charge < -0.3 is 0 Å². The zero-order valence-corrected chi connectivity index (χ0v) is 15.4. The molecule has 0 saturated carbocycles. The highest BCUT2D eigenvalue weighted by molar-refractivity contribution is 6.13. The van der Waals surface area contributed by atoms with Crippen molar-refractivity contribution < 1.29 is 35.9 Å². The maximum Gasteiger partial charge on any atom is 0.416 e. The van der Waals surface area contributed by atoms with Crippen molar-refractivity contribution in [3.8, 4) is 17.5 Å². The summed E-state index contributed by atoms with van der Waals surface area (Å²) in [6.07, 6.45) is -8.13. The van der Waals surface area contributed by atoms with Crippen LogP contribution in [0.15, 0.2) is 30.2 Å². The van der Waals surface area contributed by atoms with Crippen LogP contribution >= 0.6 is 0 Å². The fourth-order valence-electron chi connectivity index (χ4n) is 2.68. The molecule has 162 valence electrons. The van der Waals surface area contributed by atoms with Crippen molar-refractivity contribution in [1.82, 2.24) is 24.6 Å². The molecule has 0 atom stereocenters. The predicted octanol–water partition coefficient (Wildman–Crippen LogP) is 3.20. The minimum Gasteiger partial charge on any atom is -0.291 e. The van der Waals surface area contributed by atoms with Gasteiger partial charge in [0.25, 0.3) is 5.91 Å². The van der Waals surface area contributed by atoms with Gasteiger partial charge in [0.05, 0.1) is 23.4 Å². The Labute approximate surface area is 169 Å². The van der Waals surface area contributed by atoms with Crippen molar-refractivity contribution in [1.29, 1.82) is 5.26 Å². The maximum atomic E-state index is 13.0. The molecule has 1 saturated heterocycles. The fraction of sp³-hybridized carbons (Fsp3) is 0.235. The van der Waals surface area contributed by atoms with Gasteiger partial charge in [0.1, 0.15) is 18.6 Å². The average Bonchev–Trinajstić information content (AvgIpc) is 3.22. The van der Waals surface area contributed by atoms with Crippen LogP contribution in [0.25, 0.3) is 17.6 Å². The van der Waals surface area contributed by atoms with Crippen molar-refractivity contribution in [3.05, 3.63) is 41.4 Å². The number of hydrogen-bond donors (Lipinski definition) is 0. The summed E-state index contributed by atoms with van der Waals surface area (Å²) in [5.41, 5.74) is -3.84. The van der Waals surface area contributed by atoms with Gasteiger partial charge in [-0.25, -0.2) is 19.4 Å². The molecule has 0 radical (unpaired) electrons. The van der Waals surface area contributed by atoms with Crippen LogP contribution in [-0.2, 0) is 17.1 Å². The Hall–Kier alpha value is -3.89. The lowest BCUT2D eigenvalue weighted by Crippen LogP contribution is -2.31. The van der Waals surface area contributed by atoms with Gasteiger partial charge in [0.15, 0.2) is 5.82 Å². The zero-order valence-electron chi connectivity index (χ0n) is 15.4. The predicted molar refractivity (Wildman–Crippen MR) is 90.2 cm³/mol. The first-order chi connectivity index (χ1) is 14.3. The van der Waals surface area contributed by atoms with E-state index in [1.165, 1.54) is 7.05 Å². The number of hydrogen-bond acceptors (Lipinski definition) is 5. The molecule has 3 rings (SSSR count). The molecular weight excluding hydrogens is 434 g/mol. The molecule has 3 amide bonds. The van der Waals surface area contributed by atoms with Crippen LogP contribution < -0.4 is 0 Å². The number of aromatic nitrogens is 3. The van der Waals surface area contributed by atoms with Crippen molar-refractivity contribution in [2.24, 2.45) is 0 Å². The van der Waals surface area contributed by atoms with Gasteiger partial charge in [-0.1, -0.05) is 0 Å². The molecule has 0 spiro atoms. The van der Waals surface area contributed by atoms with E-state index in [0.29, 0.717) is 17.0 Å². The topological polar surface area (TPSA) is 95.1 Å². The van der Waals surface area contributed by atoms with Gasteiger partial charge in [-0.2, -0.15) is 31.6 Å². The molecule has 31 heavy (non-hydrogen) atoms. The molecule has 2 heterocycles. The Morgan fingerprint density at radius 1 is 1.06 bits per heavy atom. The summed E-state index contributed by atoms with van der Waals surface area (Å²) in [6, 6.07) is 1.77. The number of rotatable bonds is 3. The highest BCUT2D eigenvalue weighted by Gasteiger charge is 2.39. The van der Waals surface area contributed by atoms with Crippen LogP contribution in [0.1, 0.15) is 11.1 Å². The molecule has 1 aliphatic heterocycles. The van der Waals surface area contributed by atoms with Crippen molar-refractivity contribution in [3.63, 3.8) is 0 Å². The summed E-state index contributed by atoms with van der Waals surface area (Å²) < 4.78 is 79.0. The van der Waals surface area contributed by atoms with Gasteiger partial charge in [0.2, 0.25) is 0 Å². The van der Waals surface area contributed by atoms with Gasteiger partial charge in [0, 0.05) is 12.6 Å². The first-order valence-electron chi connectivity index (χ1n) is 8.22. The quantitative estimate of drug-likeness (QED) is 0.314. The number of likely N-dealkylation sites (N-methyl/N-ethyl adjacent to an activating group) is 1. The van der Waals surface area contributed by atoms with Crippen LogP contribution in [0.5, 0.6) is 0 Å². The van der Waals surface area contributed by atoms with E-state index in [2.05, 4.69) is 10.1 Å². The number of halogens is 6. The Balaban J connectivity index is 2.01. The van der Waals surface area contributed by atoms with Crippen molar-refractivity contribution in [2.45, 2.75) is 12.4 Å². The van der Waals surface area contributed by atoms with Crippen LogP contribution in [0.4, 0.5) is 31.1 Å². The summed E-state index contributed by atoms with van der Waals surface area (Å²) in [5, 5.41) is 12.5. The van der Waals surface area contributed by atoms with E-state index in [-0.39, 0.29) is 11.8 Å². The number of amides is 3. The molecule has 14 heteroatoms. The van der Waals surface area contributed by atoms with E-state index in [0.717, 1.165) is 22.1 Å². The summed E-state index contributed by atoms with van der Waals surface area (Å²) in [6.45, 7) is -0.508. The van der Waals surface area contributed by atoms with E-state index in [4.69, 9.17) is 5.26 Å². The Bertz CT molecular complexity index is 1100.